The van der Waals surface area contributed by atoms with E-state index in [4.69, 9.17) is 4.74 Å². The van der Waals surface area contributed by atoms with E-state index in [0.717, 1.165) is 37.2 Å². The van der Waals surface area contributed by atoms with Crippen LogP contribution < -0.4 is 10.1 Å². The zero-order valence-electron chi connectivity index (χ0n) is 15.8. The van der Waals surface area contributed by atoms with Gasteiger partial charge in [0.05, 0.1) is 13.5 Å². The highest BCUT2D eigenvalue weighted by Gasteiger charge is 2.26. The van der Waals surface area contributed by atoms with Gasteiger partial charge >= 0.3 is 0 Å². The molecule has 0 bridgehead atoms. The molecule has 0 saturated carbocycles. The normalized spacial score (nSPS) is 17.9. The number of hydrogen-bond acceptors (Lipinski definition) is 3. The molecule has 2 amide bonds. The lowest BCUT2D eigenvalue weighted by Gasteiger charge is -2.33. The number of hydrogen-bond donors (Lipinski definition) is 1. The van der Waals surface area contributed by atoms with Gasteiger partial charge in [0, 0.05) is 25.0 Å². The molecule has 1 atom stereocenters. The third-order valence-corrected chi connectivity index (χ3v) is 4.62. The van der Waals surface area contributed by atoms with E-state index >= 15 is 0 Å². The van der Waals surface area contributed by atoms with Gasteiger partial charge in [-0.1, -0.05) is 32.9 Å². The van der Waals surface area contributed by atoms with Gasteiger partial charge in [0.25, 0.3) is 0 Å². The lowest BCUT2D eigenvalue weighted by Crippen LogP contribution is -2.45. The molecule has 1 aromatic rings. The first-order valence-corrected chi connectivity index (χ1v) is 8.98. The summed E-state index contributed by atoms with van der Waals surface area (Å²) in [6, 6.07) is 7.62. The predicted molar refractivity (Wildman–Crippen MR) is 98.5 cm³/mol. The molecule has 0 unspecified atom stereocenters. The van der Waals surface area contributed by atoms with Crippen LogP contribution in [0.4, 0.5) is 0 Å². The van der Waals surface area contributed by atoms with Gasteiger partial charge in [-0.15, -0.1) is 0 Å². The van der Waals surface area contributed by atoms with Crippen LogP contribution in [-0.2, 0) is 16.0 Å². The van der Waals surface area contributed by atoms with Crippen molar-refractivity contribution in [2.45, 2.75) is 40.0 Å². The Morgan fingerprint density at radius 3 is 2.52 bits per heavy atom. The number of ether oxygens (including phenoxy) is 1. The molecule has 5 heteroatoms. The number of carbonyl (C=O) groups is 2. The SMILES string of the molecule is COc1ccc(CC(=O)N2CCC[C@H](CNC(=O)C(C)(C)C)C2)cc1. The number of likely N-dealkylation sites (tertiary alicyclic amines) is 1. The van der Waals surface area contributed by atoms with Crippen LogP contribution in [0, 0.1) is 11.3 Å². The van der Waals surface area contributed by atoms with Crippen LogP contribution >= 0.6 is 0 Å². The molecule has 1 aromatic carbocycles. The molecule has 25 heavy (non-hydrogen) atoms. The second-order valence-corrected chi connectivity index (χ2v) is 7.83. The molecule has 1 aliphatic rings. The fourth-order valence-electron chi connectivity index (χ4n) is 2.99. The van der Waals surface area contributed by atoms with Crippen molar-refractivity contribution in [1.82, 2.24) is 10.2 Å². The van der Waals surface area contributed by atoms with E-state index in [1.54, 1.807) is 7.11 Å². The summed E-state index contributed by atoms with van der Waals surface area (Å²) in [5.41, 5.74) is 0.618. The maximum absolute atomic E-state index is 12.6. The van der Waals surface area contributed by atoms with Crippen LogP contribution in [0.1, 0.15) is 39.2 Å². The lowest BCUT2D eigenvalue weighted by molar-refractivity contribution is -0.132. The van der Waals surface area contributed by atoms with Crippen LogP contribution in [0.15, 0.2) is 24.3 Å². The zero-order valence-corrected chi connectivity index (χ0v) is 15.8. The first-order valence-electron chi connectivity index (χ1n) is 8.98. The second kappa shape index (κ2) is 8.37. The lowest BCUT2D eigenvalue weighted by atomic mass is 9.94. The van der Waals surface area contributed by atoms with Crippen molar-refractivity contribution in [2.75, 3.05) is 26.7 Å². The highest BCUT2D eigenvalue weighted by molar-refractivity contribution is 5.81. The fraction of sp³-hybridized carbons (Fsp3) is 0.600. The van der Waals surface area contributed by atoms with Gasteiger partial charge < -0.3 is 15.0 Å². The minimum absolute atomic E-state index is 0.0641. The van der Waals surface area contributed by atoms with Crippen molar-refractivity contribution >= 4 is 11.8 Å². The zero-order chi connectivity index (χ0) is 18.4. The highest BCUT2D eigenvalue weighted by Crippen LogP contribution is 2.19. The van der Waals surface area contributed by atoms with Crippen molar-refractivity contribution in [1.29, 1.82) is 0 Å². The van der Waals surface area contributed by atoms with E-state index in [9.17, 15) is 9.59 Å². The number of amides is 2. The summed E-state index contributed by atoms with van der Waals surface area (Å²) in [5.74, 6) is 1.34. The molecule has 0 aliphatic carbocycles. The van der Waals surface area contributed by atoms with Gasteiger partial charge in [-0.25, -0.2) is 0 Å². The predicted octanol–water partition coefficient (Wildman–Crippen LogP) is 2.64. The Morgan fingerprint density at radius 2 is 1.92 bits per heavy atom. The molecule has 1 saturated heterocycles. The Morgan fingerprint density at radius 1 is 1.24 bits per heavy atom. The Balaban J connectivity index is 1.84. The number of piperidine rings is 1. The second-order valence-electron chi connectivity index (χ2n) is 7.83. The van der Waals surface area contributed by atoms with Crippen LogP contribution in [-0.4, -0.2) is 43.5 Å². The Labute approximate surface area is 150 Å². The maximum atomic E-state index is 12.6. The molecule has 1 aliphatic heterocycles. The van der Waals surface area contributed by atoms with Crippen molar-refractivity contribution < 1.29 is 14.3 Å². The van der Waals surface area contributed by atoms with Gasteiger partial charge in [-0.3, -0.25) is 9.59 Å². The number of rotatable bonds is 5. The fourth-order valence-corrected chi connectivity index (χ4v) is 2.99. The monoisotopic (exact) mass is 346 g/mol. The number of methoxy groups -OCH3 is 1. The van der Waals surface area contributed by atoms with E-state index in [1.807, 2.05) is 49.9 Å². The van der Waals surface area contributed by atoms with E-state index < -0.39 is 0 Å². The maximum Gasteiger partial charge on any atom is 0.226 e. The molecule has 5 nitrogen and oxygen atoms in total. The number of nitrogens with one attached hydrogen (secondary N) is 1. The molecule has 1 heterocycles. The summed E-state index contributed by atoms with van der Waals surface area (Å²) in [6.07, 6.45) is 2.45. The molecule has 1 fully saturated rings. The summed E-state index contributed by atoms with van der Waals surface area (Å²) in [7, 11) is 1.63. The number of carbonyl (C=O) groups excluding carboxylic acids is 2. The smallest absolute Gasteiger partial charge is 0.226 e. The van der Waals surface area contributed by atoms with Crippen molar-refractivity contribution in [3.63, 3.8) is 0 Å². The summed E-state index contributed by atoms with van der Waals surface area (Å²) < 4.78 is 5.14. The van der Waals surface area contributed by atoms with Crippen LogP contribution in [0.3, 0.4) is 0 Å². The number of nitrogens with zero attached hydrogens (tertiary/aromatic N) is 1. The molecule has 0 spiro atoms. The van der Waals surface area contributed by atoms with E-state index in [2.05, 4.69) is 5.32 Å². The Hall–Kier alpha value is -2.04. The van der Waals surface area contributed by atoms with Crippen molar-refractivity contribution in [2.24, 2.45) is 11.3 Å². The third-order valence-electron chi connectivity index (χ3n) is 4.62. The molecule has 1 N–H and O–H groups in total. The molecule has 138 valence electrons. The topological polar surface area (TPSA) is 58.6 Å². The van der Waals surface area contributed by atoms with Gasteiger partial charge in [-0.2, -0.15) is 0 Å². The average Bonchev–Trinajstić information content (AvgIpc) is 2.59. The first-order chi connectivity index (χ1) is 11.8. The quantitative estimate of drug-likeness (QED) is 0.892. The van der Waals surface area contributed by atoms with Crippen molar-refractivity contribution in [3.8, 4) is 5.75 Å². The van der Waals surface area contributed by atoms with Crippen molar-refractivity contribution in [3.05, 3.63) is 29.8 Å². The van der Waals surface area contributed by atoms with Crippen LogP contribution in [0.5, 0.6) is 5.75 Å². The summed E-state index contributed by atoms with van der Waals surface area (Å²) in [6.45, 7) is 7.90. The molecule has 0 radical (unpaired) electrons. The van der Waals surface area contributed by atoms with Crippen LogP contribution in [0.2, 0.25) is 0 Å². The first kappa shape index (κ1) is 19.3. The van der Waals surface area contributed by atoms with Crippen LogP contribution in [0.25, 0.3) is 0 Å². The summed E-state index contributed by atoms with van der Waals surface area (Å²) in [4.78, 5) is 26.5. The van der Waals surface area contributed by atoms with E-state index in [-0.39, 0.29) is 17.2 Å². The minimum atomic E-state index is -0.376. The molecular weight excluding hydrogens is 316 g/mol. The van der Waals surface area contributed by atoms with Gasteiger partial charge in [0.2, 0.25) is 11.8 Å². The van der Waals surface area contributed by atoms with E-state index in [0.29, 0.717) is 18.9 Å². The third kappa shape index (κ3) is 5.76. The molecule has 2 rings (SSSR count). The van der Waals surface area contributed by atoms with E-state index in [1.165, 1.54) is 0 Å². The number of benzene rings is 1. The molecule has 0 aromatic heterocycles. The van der Waals surface area contributed by atoms with Gasteiger partial charge in [-0.05, 0) is 36.5 Å². The highest BCUT2D eigenvalue weighted by atomic mass is 16.5. The average molecular weight is 346 g/mol. The Kier molecular flexibility index (Phi) is 6.45. The summed E-state index contributed by atoms with van der Waals surface area (Å²) >= 11 is 0. The standard InChI is InChI=1S/C20H30N2O3/c1-20(2,3)19(24)21-13-16-6-5-11-22(14-16)18(23)12-15-7-9-17(25-4)10-8-15/h7-10,16H,5-6,11-14H2,1-4H3,(H,21,24)/t16-/m1/s1. The minimum Gasteiger partial charge on any atom is -0.497 e. The van der Waals surface area contributed by atoms with Gasteiger partial charge in [0.15, 0.2) is 0 Å². The largest absolute Gasteiger partial charge is 0.497 e. The van der Waals surface area contributed by atoms with Gasteiger partial charge in [0.1, 0.15) is 5.75 Å². The molecular formula is C20H30N2O3. The summed E-state index contributed by atoms with van der Waals surface area (Å²) in [5, 5.41) is 3.02. The Bertz CT molecular complexity index is 590.